The monoisotopic (exact) mass is 653 g/mol. The van der Waals surface area contributed by atoms with Crippen LogP contribution in [-0.2, 0) is 0 Å². The number of rotatable bonds is 7. The number of aromatic nitrogens is 1. The van der Waals surface area contributed by atoms with Gasteiger partial charge < -0.3 is 28.8 Å². The van der Waals surface area contributed by atoms with E-state index in [2.05, 4.69) is 59.3 Å². The van der Waals surface area contributed by atoms with Crippen LogP contribution in [0.2, 0.25) is 0 Å². The molecule has 6 aromatic carbocycles. The summed E-state index contributed by atoms with van der Waals surface area (Å²) in [7, 11) is 2.06. The third-order valence-electron chi connectivity index (χ3n) is 9.06. The number of hydrogen-bond donors (Lipinski definition) is 1. The van der Waals surface area contributed by atoms with E-state index in [0.717, 1.165) is 55.6 Å². The van der Waals surface area contributed by atoms with Crippen molar-refractivity contribution in [3.05, 3.63) is 152 Å². The van der Waals surface area contributed by atoms with Crippen LogP contribution < -0.4 is 19.3 Å². The lowest BCUT2D eigenvalue weighted by molar-refractivity contribution is 0.374. The van der Waals surface area contributed by atoms with Crippen molar-refractivity contribution >= 4 is 39.1 Å². The maximum absolute atomic E-state index is 11.4. The second-order valence-corrected chi connectivity index (χ2v) is 12.3. The minimum atomic E-state index is -0.124. The van der Waals surface area contributed by atoms with Gasteiger partial charge in [0, 0.05) is 23.9 Å². The molecule has 0 saturated carbocycles. The first kappa shape index (κ1) is 29.4. The zero-order valence-corrected chi connectivity index (χ0v) is 27.2. The molecule has 3 heterocycles. The fourth-order valence-electron chi connectivity index (χ4n) is 6.61. The number of furan rings is 1. The van der Waals surface area contributed by atoms with Gasteiger partial charge in [0.2, 0.25) is 11.6 Å². The van der Waals surface area contributed by atoms with Gasteiger partial charge in [-0.1, -0.05) is 84.9 Å². The Morgan fingerprint density at radius 3 is 2.16 bits per heavy atom. The SMILES string of the molecule is CN1CN(c2cc(-c3ccc4c(c3)oc3ccccc34)cc(Oc3cccc(Oc4cccc(-c5ccccc5)c4)c3O)n2)c2ccccc21. The zero-order chi connectivity index (χ0) is 33.6. The standard InChI is InChI=1S/C43H31N3O4/c1-45-27-46(36-17-7-6-16-35(36)45)41-25-31(30-21-22-34-33-15-5-8-18-37(33)49-40(34)24-30)26-42(44-41)50-39-20-10-19-38(43(39)47)48-32-14-9-13-29(23-32)28-11-3-2-4-12-28/h2-26,47H,27H2,1H3. The number of hydrogen-bond acceptors (Lipinski definition) is 7. The van der Waals surface area contributed by atoms with Crippen LogP contribution in [0.5, 0.6) is 28.9 Å². The van der Waals surface area contributed by atoms with E-state index in [0.29, 0.717) is 24.1 Å². The van der Waals surface area contributed by atoms with E-state index in [1.165, 1.54) is 0 Å². The molecule has 8 aromatic rings. The van der Waals surface area contributed by atoms with Gasteiger partial charge in [-0.25, -0.2) is 0 Å². The maximum atomic E-state index is 11.4. The summed E-state index contributed by atoms with van der Waals surface area (Å²) in [5.41, 5.74) is 7.74. The smallest absolute Gasteiger partial charge is 0.222 e. The molecule has 1 aliphatic heterocycles. The number of para-hydroxylation sites is 4. The van der Waals surface area contributed by atoms with Crippen molar-refractivity contribution in [3.8, 4) is 51.1 Å². The van der Waals surface area contributed by atoms with Crippen molar-refractivity contribution in [2.75, 3.05) is 23.5 Å². The molecule has 0 bridgehead atoms. The molecule has 242 valence electrons. The summed E-state index contributed by atoms with van der Waals surface area (Å²) in [6.07, 6.45) is 0. The number of nitrogens with zero attached hydrogens (tertiary/aromatic N) is 3. The summed E-state index contributed by atoms with van der Waals surface area (Å²) in [6, 6.07) is 49.6. The minimum Gasteiger partial charge on any atom is -0.502 e. The highest BCUT2D eigenvalue weighted by Crippen LogP contribution is 2.44. The molecule has 1 aliphatic rings. The minimum absolute atomic E-state index is 0.124. The highest BCUT2D eigenvalue weighted by molar-refractivity contribution is 6.06. The summed E-state index contributed by atoms with van der Waals surface area (Å²) in [5.74, 6) is 2.01. The van der Waals surface area contributed by atoms with E-state index in [1.54, 1.807) is 18.2 Å². The number of fused-ring (bicyclic) bond motifs is 4. The molecule has 7 heteroatoms. The number of ether oxygens (including phenoxy) is 2. The lowest BCUT2D eigenvalue weighted by Gasteiger charge is -2.20. The van der Waals surface area contributed by atoms with Gasteiger partial charge in [0.05, 0.1) is 18.0 Å². The summed E-state index contributed by atoms with van der Waals surface area (Å²) < 4.78 is 18.8. The molecule has 0 saturated heterocycles. The molecule has 7 nitrogen and oxygen atoms in total. The van der Waals surface area contributed by atoms with Gasteiger partial charge in [-0.2, -0.15) is 4.98 Å². The van der Waals surface area contributed by atoms with Crippen molar-refractivity contribution in [2.45, 2.75) is 0 Å². The predicted molar refractivity (Wildman–Crippen MR) is 199 cm³/mol. The van der Waals surface area contributed by atoms with Crippen molar-refractivity contribution in [2.24, 2.45) is 0 Å². The third kappa shape index (κ3) is 5.31. The molecule has 0 aliphatic carbocycles. The average molecular weight is 654 g/mol. The Morgan fingerprint density at radius 1 is 0.580 bits per heavy atom. The Labute approximate surface area is 288 Å². The Bertz CT molecular complexity index is 2530. The number of benzene rings is 6. The lowest BCUT2D eigenvalue weighted by Crippen LogP contribution is -2.24. The highest BCUT2D eigenvalue weighted by atomic mass is 16.5. The molecule has 0 radical (unpaired) electrons. The van der Waals surface area contributed by atoms with E-state index < -0.39 is 0 Å². The molecule has 0 amide bonds. The quantitative estimate of drug-likeness (QED) is 0.183. The van der Waals surface area contributed by atoms with E-state index in [4.69, 9.17) is 18.9 Å². The van der Waals surface area contributed by atoms with Gasteiger partial charge in [-0.15, -0.1) is 0 Å². The van der Waals surface area contributed by atoms with Crippen LogP contribution in [0.15, 0.2) is 156 Å². The number of phenols is 1. The summed E-state index contributed by atoms with van der Waals surface area (Å²) in [4.78, 5) is 9.31. The highest BCUT2D eigenvalue weighted by Gasteiger charge is 2.26. The first-order chi connectivity index (χ1) is 24.6. The molecule has 1 N–H and O–H groups in total. The van der Waals surface area contributed by atoms with Crippen LogP contribution in [-0.4, -0.2) is 23.8 Å². The van der Waals surface area contributed by atoms with Crippen LogP contribution in [0, 0.1) is 0 Å². The predicted octanol–water partition coefficient (Wildman–Crippen LogP) is 11.2. The molecule has 9 rings (SSSR count). The molecule has 0 spiro atoms. The second kappa shape index (κ2) is 12.1. The van der Waals surface area contributed by atoms with Crippen molar-refractivity contribution in [3.63, 3.8) is 0 Å². The molecular weight excluding hydrogens is 622 g/mol. The van der Waals surface area contributed by atoms with Gasteiger partial charge in [-0.3, -0.25) is 0 Å². The molecule has 2 aromatic heterocycles. The first-order valence-electron chi connectivity index (χ1n) is 16.4. The zero-order valence-electron chi connectivity index (χ0n) is 27.2. The summed E-state index contributed by atoms with van der Waals surface area (Å²) in [6.45, 7) is 0.620. The van der Waals surface area contributed by atoms with E-state index in [9.17, 15) is 5.11 Å². The van der Waals surface area contributed by atoms with Crippen LogP contribution in [0.1, 0.15) is 0 Å². The Morgan fingerprint density at radius 2 is 1.28 bits per heavy atom. The number of anilines is 3. The van der Waals surface area contributed by atoms with Gasteiger partial charge in [0.15, 0.2) is 11.5 Å². The van der Waals surface area contributed by atoms with Gasteiger partial charge in [0.25, 0.3) is 0 Å². The normalized spacial score (nSPS) is 12.4. The number of aromatic hydroxyl groups is 1. The fourth-order valence-corrected chi connectivity index (χ4v) is 6.61. The molecule has 0 atom stereocenters. The van der Waals surface area contributed by atoms with Crippen molar-refractivity contribution in [1.82, 2.24) is 4.98 Å². The number of phenolic OH excluding ortho intramolecular Hbond substituents is 1. The molecule has 50 heavy (non-hydrogen) atoms. The van der Waals surface area contributed by atoms with Gasteiger partial charge in [-0.05, 0) is 82.9 Å². The Balaban J connectivity index is 1.09. The van der Waals surface area contributed by atoms with Crippen molar-refractivity contribution in [1.29, 1.82) is 0 Å². The Kier molecular flexibility index (Phi) is 7.09. The molecule has 0 unspecified atom stereocenters. The third-order valence-corrected chi connectivity index (χ3v) is 9.06. The van der Waals surface area contributed by atoms with Crippen LogP contribution >= 0.6 is 0 Å². The van der Waals surface area contributed by atoms with E-state index in [1.807, 2.05) is 91.0 Å². The topological polar surface area (TPSA) is 71.2 Å². The van der Waals surface area contributed by atoms with Crippen molar-refractivity contribution < 1.29 is 19.0 Å². The second-order valence-electron chi connectivity index (χ2n) is 12.3. The fraction of sp³-hybridized carbons (Fsp3) is 0.0465. The summed E-state index contributed by atoms with van der Waals surface area (Å²) >= 11 is 0. The van der Waals surface area contributed by atoms with Crippen LogP contribution in [0.3, 0.4) is 0 Å². The molecular formula is C43H31N3O4. The van der Waals surface area contributed by atoms with Gasteiger partial charge in [0.1, 0.15) is 22.7 Å². The molecule has 0 fully saturated rings. The average Bonchev–Trinajstić information content (AvgIpc) is 3.71. The maximum Gasteiger partial charge on any atom is 0.222 e. The van der Waals surface area contributed by atoms with Crippen LogP contribution in [0.25, 0.3) is 44.2 Å². The van der Waals surface area contributed by atoms with E-state index >= 15 is 0 Å². The number of pyridine rings is 1. The Hall–Kier alpha value is -6.73. The summed E-state index contributed by atoms with van der Waals surface area (Å²) in [5, 5.41) is 13.5. The van der Waals surface area contributed by atoms with Crippen LogP contribution in [0.4, 0.5) is 17.2 Å². The van der Waals surface area contributed by atoms with E-state index in [-0.39, 0.29) is 17.2 Å². The lowest BCUT2D eigenvalue weighted by atomic mass is 10.0. The van der Waals surface area contributed by atoms with Gasteiger partial charge >= 0.3 is 0 Å². The first-order valence-corrected chi connectivity index (χ1v) is 16.4. The largest absolute Gasteiger partial charge is 0.502 e.